The Balaban J connectivity index is 0.000000355. The summed E-state index contributed by atoms with van der Waals surface area (Å²) in [4.78, 5) is 45.3. The number of aryl methyl sites for hydroxylation is 4. The molecule has 0 amide bonds. The number of hydrogen-bond acceptors (Lipinski definition) is 6. The van der Waals surface area contributed by atoms with E-state index < -0.39 is 16.1 Å². The molecule has 0 aliphatic heterocycles. The minimum atomic E-state index is -1.29. The van der Waals surface area contributed by atoms with Crippen molar-refractivity contribution in [2.75, 3.05) is 0 Å². The summed E-state index contributed by atoms with van der Waals surface area (Å²) < 4.78 is 0. The first-order valence-electron chi connectivity index (χ1n) is 28.5. The molecule has 0 aliphatic rings. The van der Waals surface area contributed by atoms with E-state index in [0.29, 0.717) is 0 Å². The molecule has 0 bridgehead atoms. The number of ketones is 3. The molecule has 2 aromatic heterocycles. The Bertz CT molecular complexity index is 2730. The van der Waals surface area contributed by atoms with Crippen LogP contribution in [0.1, 0.15) is 149 Å². The van der Waals surface area contributed by atoms with Crippen molar-refractivity contribution < 1.29 is 39.6 Å². The largest absolute Gasteiger partial charge is 0.512 e. The molecule has 421 valence electrons. The minimum Gasteiger partial charge on any atom is -0.512 e. The van der Waals surface area contributed by atoms with Crippen LogP contribution >= 0.6 is 0 Å². The van der Waals surface area contributed by atoms with Gasteiger partial charge in [0.25, 0.3) is 0 Å². The predicted octanol–water partition coefficient (Wildman–Crippen LogP) is 18.0. The van der Waals surface area contributed by atoms with Crippen LogP contribution in [-0.2, 0) is 34.5 Å². The molecule has 0 unspecified atom stereocenters. The fraction of sp³-hybridized carbons (Fsp3) is 0.485. The van der Waals surface area contributed by atoms with Crippen molar-refractivity contribution in [2.45, 2.75) is 194 Å². The molecule has 6 aromatic rings. The second-order valence-corrected chi connectivity index (χ2v) is 34.0. The van der Waals surface area contributed by atoms with Crippen LogP contribution in [0.25, 0.3) is 44.1 Å². The van der Waals surface area contributed by atoms with Crippen LogP contribution < -0.4 is 10.4 Å². The van der Waals surface area contributed by atoms with Crippen molar-refractivity contribution in [1.29, 1.82) is 0 Å². The van der Waals surface area contributed by atoms with Gasteiger partial charge in [-0.3, -0.25) is 19.4 Å². The van der Waals surface area contributed by atoms with Gasteiger partial charge in [0, 0.05) is 72.2 Å². The van der Waals surface area contributed by atoms with Gasteiger partial charge in [-0.25, -0.2) is 0 Å². The Morgan fingerprint density at radius 2 is 1.00 bits per heavy atom. The van der Waals surface area contributed by atoms with Crippen LogP contribution in [0.15, 0.2) is 103 Å². The second kappa shape index (κ2) is 30.6. The topological polar surface area (TPSA) is 97.2 Å². The summed E-state index contributed by atoms with van der Waals surface area (Å²) in [5.74, 6) is 0.756. The summed E-state index contributed by atoms with van der Waals surface area (Å²) in [6.07, 6.45) is 12.1. The number of Topliss-reactive ketones (excluding diaryl/α,β-unsaturated/α-hetero) is 2. The number of nitrogens with zero attached hydrogens (tertiary/aromatic N) is 2. The summed E-state index contributed by atoms with van der Waals surface area (Å²) in [6, 6.07) is 32.4. The first kappa shape index (κ1) is 68.4. The van der Waals surface area contributed by atoms with Crippen molar-refractivity contribution in [1.82, 2.24) is 9.97 Å². The number of benzene rings is 4. The molecule has 0 atom stereocenters. The van der Waals surface area contributed by atoms with Gasteiger partial charge in [0.05, 0.1) is 34.0 Å². The molecule has 0 saturated heterocycles. The van der Waals surface area contributed by atoms with Gasteiger partial charge in [-0.1, -0.05) is 186 Å². The zero-order valence-corrected chi connectivity index (χ0v) is 55.6. The monoisotopic (exact) mass is 1250 g/mol. The average molecular weight is 1250 g/mol. The number of aromatic nitrogens is 2. The first-order chi connectivity index (χ1) is 35.6. The van der Waals surface area contributed by atoms with Gasteiger partial charge in [0.1, 0.15) is 11.6 Å². The Kier molecular flexibility index (Phi) is 27.2. The fourth-order valence-electron chi connectivity index (χ4n) is 9.50. The van der Waals surface area contributed by atoms with Gasteiger partial charge in [0.2, 0.25) is 0 Å². The Hall–Kier alpha value is -4.67. The minimum absolute atomic E-state index is 0. The smallest absolute Gasteiger partial charge is 0.164 e. The number of hydrogen-bond donors (Lipinski definition) is 1. The number of allylic oxidation sites excluding steroid dienone is 2. The maximum Gasteiger partial charge on any atom is 0.164 e. The maximum atomic E-state index is 12.1. The van der Waals surface area contributed by atoms with E-state index in [0.717, 1.165) is 73.9 Å². The van der Waals surface area contributed by atoms with Gasteiger partial charge < -0.3 is 10.1 Å². The molecular weight excluding hydrogens is 1160 g/mol. The predicted molar refractivity (Wildman–Crippen MR) is 334 cm³/mol. The molecule has 4 aromatic carbocycles. The summed E-state index contributed by atoms with van der Waals surface area (Å²) >= 11 is 0. The van der Waals surface area contributed by atoms with E-state index in [1.807, 2.05) is 81.6 Å². The zero-order valence-electron chi connectivity index (χ0n) is 51.2. The summed E-state index contributed by atoms with van der Waals surface area (Å²) in [7, 11) is -2.58. The Morgan fingerprint density at radius 1 is 0.571 bits per heavy atom. The summed E-state index contributed by atoms with van der Waals surface area (Å²) in [5, 5.41) is 17.9. The van der Waals surface area contributed by atoms with E-state index >= 15 is 0 Å². The molecule has 0 spiro atoms. The molecule has 2 heterocycles. The molecule has 9 heteroatoms. The molecule has 6 rings (SSSR count). The third kappa shape index (κ3) is 19.3. The summed E-state index contributed by atoms with van der Waals surface area (Å²) in [6.45, 7) is 42.9. The number of carbonyl (C=O) groups excluding carboxylic acids is 3. The Morgan fingerprint density at radius 3 is 1.42 bits per heavy atom. The first-order valence-corrected chi connectivity index (χ1v) is 35.5. The van der Waals surface area contributed by atoms with Gasteiger partial charge in [-0.05, 0) is 111 Å². The molecular formula is C68H97IrN2O4Si2-. The van der Waals surface area contributed by atoms with Crippen molar-refractivity contribution in [3.63, 3.8) is 0 Å². The Labute approximate surface area is 482 Å². The third-order valence-electron chi connectivity index (χ3n) is 16.0. The SMILES string of the molecule is CCC(CC)C(=O)CC(=O)C(C)(CC)CC.CCC(CC)C(O)=CC(=O)C(C)(CC)CC.Cc1[c-]c(-c2nccc3cc([Si](C)(C)C)ccc23)cc(C)c1.Cc1cc(C)cc(-c2nccc3cc([Si](C)(C)C)ccc23)c1.[Ir]. The van der Waals surface area contributed by atoms with E-state index in [1.165, 1.54) is 60.2 Å². The van der Waals surface area contributed by atoms with Crippen LogP contribution in [0.3, 0.4) is 0 Å². The van der Waals surface area contributed by atoms with Crippen LogP contribution in [0.2, 0.25) is 39.3 Å². The number of rotatable bonds is 19. The van der Waals surface area contributed by atoms with Crippen molar-refractivity contribution in [2.24, 2.45) is 22.7 Å². The van der Waals surface area contributed by atoms with E-state index in [9.17, 15) is 19.5 Å². The van der Waals surface area contributed by atoms with E-state index in [-0.39, 0.29) is 72.3 Å². The van der Waals surface area contributed by atoms with Crippen molar-refractivity contribution >= 4 is 65.4 Å². The normalized spacial score (nSPS) is 12.0. The molecule has 1 radical (unpaired) electrons. The van der Waals surface area contributed by atoms with Crippen LogP contribution in [0.4, 0.5) is 0 Å². The van der Waals surface area contributed by atoms with Gasteiger partial charge in [-0.2, -0.15) is 0 Å². The summed E-state index contributed by atoms with van der Waals surface area (Å²) in [5.41, 5.74) is 8.78. The van der Waals surface area contributed by atoms with Crippen LogP contribution in [0.5, 0.6) is 0 Å². The number of pyridine rings is 2. The number of aliphatic hydroxyl groups excluding tert-OH is 1. The average Bonchev–Trinajstić information content (AvgIpc) is 3.37. The van der Waals surface area contributed by atoms with E-state index in [1.54, 1.807) is 0 Å². The molecule has 0 aliphatic carbocycles. The van der Waals surface area contributed by atoms with Crippen molar-refractivity contribution in [3.8, 4) is 22.5 Å². The van der Waals surface area contributed by atoms with E-state index in [2.05, 4.69) is 162 Å². The maximum absolute atomic E-state index is 12.1. The third-order valence-corrected chi connectivity index (χ3v) is 20.1. The van der Waals surface area contributed by atoms with Gasteiger partial charge in [-0.15, -0.1) is 34.9 Å². The molecule has 0 saturated carbocycles. The van der Waals surface area contributed by atoms with Crippen molar-refractivity contribution in [3.05, 3.63) is 131 Å². The fourth-order valence-corrected chi connectivity index (χ4v) is 11.8. The molecule has 1 N–H and O–H groups in total. The van der Waals surface area contributed by atoms with Crippen LogP contribution in [-0.4, -0.2) is 48.6 Å². The number of fused-ring (bicyclic) bond motifs is 2. The number of aliphatic hydroxyl groups is 1. The quantitative estimate of drug-likeness (QED) is 0.0285. The zero-order chi connectivity index (χ0) is 57.3. The van der Waals surface area contributed by atoms with Gasteiger partial charge in [0.15, 0.2) is 5.78 Å². The second-order valence-electron chi connectivity index (χ2n) is 23.9. The van der Waals surface area contributed by atoms with Crippen LogP contribution in [0, 0.1) is 56.4 Å². The van der Waals surface area contributed by atoms with E-state index in [4.69, 9.17) is 0 Å². The molecule has 0 fully saturated rings. The number of carbonyl (C=O) groups is 3. The standard InChI is InChI=1S/C20H23NSi.C20H22NSi.2C14H26O2.Ir/c2*1-14-10-15(2)12-17(11-14)20-19-7-6-18(22(3,4)5)13-16(19)8-9-21-20;2*1-6-11(7-2)12(15)10-13(16)14(5,8-3)9-4;/h6-13H,1-5H3;6-11,13H,1-5H3;11H,6-10H2,1-5H3;10-11,15H,6-9H2,1-5H3;/q;-1;;;. The molecule has 6 nitrogen and oxygen atoms in total. The molecule has 77 heavy (non-hydrogen) atoms. The van der Waals surface area contributed by atoms with Gasteiger partial charge >= 0.3 is 0 Å².